The van der Waals surface area contributed by atoms with Crippen LogP contribution in [0.3, 0.4) is 0 Å². The van der Waals surface area contributed by atoms with Gasteiger partial charge in [0.05, 0.1) is 6.04 Å². The number of carbonyl (C=O) groups is 1. The number of fused-ring (bicyclic) bond motifs is 2. The van der Waals surface area contributed by atoms with Crippen LogP contribution in [0.1, 0.15) is 40.0 Å². The van der Waals surface area contributed by atoms with Crippen LogP contribution in [-0.4, -0.2) is 55.3 Å². The molecule has 0 bridgehead atoms. The lowest BCUT2D eigenvalue weighted by atomic mass is 10.0. The number of benzene rings is 1. The molecule has 0 unspecified atom stereocenters. The molecular formula is C19H28N2O4S. The number of carbonyl (C=O) groups excluding carboxylic acids is 1. The van der Waals surface area contributed by atoms with Gasteiger partial charge in [0.2, 0.25) is 15.9 Å². The number of para-hydroxylation sites is 1. The van der Waals surface area contributed by atoms with E-state index < -0.39 is 10.0 Å². The van der Waals surface area contributed by atoms with E-state index in [0.717, 1.165) is 6.42 Å². The van der Waals surface area contributed by atoms with Gasteiger partial charge < -0.3 is 9.64 Å². The largest absolute Gasteiger partial charge is 0.487 e. The van der Waals surface area contributed by atoms with E-state index in [1.807, 2.05) is 0 Å². The second-order valence-corrected chi connectivity index (χ2v) is 9.41. The Hall–Kier alpha value is -1.60. The van der Waals surface area contributed by atoms with Crippen molar-refractivity contribution >= 4 is 15.9 Å². The summed E-state index contributed by atoms with van der Waals surface area (Å²) in [5.41, 5.74) is 0. The molecule has 2 heterocycles. The summed E-state index contributed by atoms with van der Waals surface area (Å²) in [5, 5.41) is 0. The van der Waals surface area contributed by atoms with Crippen LogP contribution in [0.5, 0.6) is 5.75 Å². The van der Waals surface area contributed by atoms with E-state index in [1.165, 1.54) is 0 Å². The van der Waals surface area contributed by atoms with Gasteiger partial charge in [-0.25, -0.2) is 8.42 Å². The lowest BCUT2D eigenvalue weighted by molar-refractivity contribution is -0.128. The molecule has 0 aliphatic carbocycles. The van der Waals surface area contributed by atoms with Gasteiger partial charge in [-0.05, 0) is 30.9 Å². The molecule has 3 rings (SSSR count). The summed E-state index contributed by atoms with van der Waals surface area (Å²) in [6, 6.07) is 6.63. The van der Waals surface area contributed by atoms with Crippen molar-refractivity contribution in [2.45, 2.75) is 57.1 Å². The Balaban J connectivity index is 2.01. The highest BCUT2D eigenvalue weighted by Gasteiger charge is 2.43. The van der Waals surface area contributed by atoms with Gasteiger partial charge >= 0.3 is 0 Å². The zero-order valence-corrected chi connectivity index (χ0v) is 16.5. The molecule has 0 N–H and O–H groups in total. The number of sulfonamides is 1. The maximum atomic E-state index is 13.4. The maximum Gasteiger partial charge on any atom is 0.247 e. The van der Waals surface area contributed by atoms with Crippen molar-refractivity contribution in [2.24, 2.45) is 5.92 Å². The van der Waals surface area contributed by atoms with E-state index in [1.54, 1.807) is 40.4 Å². The fourth-order valence-corrected chi connectivity index (χ4v) is 5.56. The Morgan fingerprint density at radius 2 is 1.92 bits per heavy atom. The van der Waals surface area contributed by atoms with Crippen molar-refractivity contribution in [3.8, 4) is 5.75 Å². The van der Waals surface area contributed by atoms with E-state index in [2.05, 4.69) is 13.8 Å². The normalized spacial score (nSPS) is 25.6. The quantitative estimate of drug-likeness (QED) is 0.808. The first kappa shape index (κ1) is 19.2. The predicted octanol–water partition coefficient (Wildman–Crippen LogP) is 2.50. The van der Waals surface area contributed by atoms with E-state index >= 15 is 0 Å². The van der Waals surface area contributed by atoms with Gasteiger partial charge in [-0.15, -0.1) is 0 Å². The molecule has 0 radical (unpaired) electrons. The lowest BCUT2D eigenvalue weighted by Crippen LogP contribution is -2.47. The van der Waals surface area contributed by atoms with Crippen LogP contribution in [0.15, 0.2) is 29.2 Å². The molecular weight excluding hydrogens is 352 g/mol. The van der Waals surface area contributed by atoms with Crippen LogP contribution in [0.25, 0.3) is 0 Å². The fraction of sp³-hybridized carbons (Fsp3) is 0.632. The van der Waals surface area contributed by atoms with E-state index in [4.69, 9.17) is 4.74 Å². The van der Waals surface area contributed by atoms with Crippen LogP contribution in [0, 0.1) is 5.92 Å². The third-order valence-corrected chi connectivity index (χ3v) is 7.23. The van der Waals surface area contributed by atoms with E-state index in [-0.39, 0.29) is 22.9 Å². The monoisotopic (exact) mass is 380 g/mol. The molecule has 2 aliphatic rings. The highest BCUT2D eigenvalue weighted by molar-refractivity contribution is 7.89. The van der Waals surface area contributed by atoms with Gasteiger partial charge in [0.25, 0.3) is 0 Å². The first-order chi connectivity index (χ1) is 12.3. The van der Waals surface area contributed by atoms with Gasteiger partial charge in [0.1, 0.15) is 16.7 Å². The van der Waals surface area contributed by atoms with Gasteiger partial charge in [-0.1, -0.05) is 26.0 Å². The number of hydrogen-bond acceptors (Lipinski definition) is 4. The highest BCUT2D eigenvalue weighted by Crippen LogP contribution is 2.36. The van der Waals surface area contributed by atoms with Crippen LogP contribution in [0.4, 0.5) is 0 Å². The highest BCUT2D eigenvalue weighted by atomic mass is 32.2. The number of likely N-dealkylation sites (tertiary alicyclic amines) is 1. The summed E-state index contributed by atoms with van der Waals surface area (Å²) < 4.78 is 34.6. The minimum absolute atomic E-state index is 0.0263. The molecule has 26 heavy (non-hydrogen) atoms. The SMILES string of the molecule is CC(=O)N1CC[C@@H]2Oc3ccccc3S(=O)(=O)N(CCC(C)C)[C@H]2CC1. The molecule has 7 heteroatoms. The number of hydrogen-bond donors (Lipinski definition) is 0. The summed E-state index contributed by atoms with van der Waals surface area (Å²) in [5.74, 6) is 0.854. The van der Waals surface area contributed by atoms with Crippen molar-refractivity contribution < 1.29 is 17.9 Å². The summed E-state index contributed by atoms with van der Waals surface area (Å²) in [6.07, 6.45) is 1.77. The Kier molecular flexibility index (Phi) is 5.58. The smallest absolute Gasteiger partial charge is 0.247 e. The molecule has 1 aromatic carbocycles. The summed E-state index contributed by atoms with van der Waals surface area (Å²) in [7, 11) is -3.63. The maximum absolute atomic E-state index is 13.4. The minimum atomic E-state index is -3.63. The number of ether oxygens (including phenoxy) is 1. The third kappa shape index (κ3) is 3.74. The van der Waals surface area contributed by atoms with Crippen LogP contribution in [-0.2, 0) is 14.8 Å². The van der Waals surface area contributed by atoms with Gasteiger partial charge in [0, 0.05) is 33.0 Å². The Morgan fingerprint density at radius 3 is 2.62 bits per heavy atom. The number of rotatable bonds is 3. The second kappa shape index (κ2) is 7.56. The molecule has 1 saturated heterocycles. The molecule has 2 atom stereocenters. The average Bonchev–Trinajstić information content (AvgIpc) is 2.82. The molecule has 6 nitrogen and oxygen atoms in total. The zero-order chi connectivity index (χ0) is 18.9. The van der Waals surface area contributed by atoms with Gasteiger partial charge in [-0.2, -0.15) is 4.31 Å². The van der Waals surface area contributed by atoms with Crippen LogP contribution >= 0.6 is 0 Å². The Morgan fingerprint density at radius 1 is 1.23 bits per heavy atom. The molecule has 1 fully saturated rings. The van der Waals surface area contributed by atoms with E-state index in [0.29, 0.717) is 44.1 Å². The standard InChI is InChI=1S/C19H28N2O4S/c1-14(2)8-13-21-16-9-11-20(15(3)22)12-10-17(16)25-18-6-4-5-7-19(18)26(21,23)24/h4-7,14,16-17H,8-13H2,1-3H3/t16-,17-/m0/s1. The van der Waals surface area contributed by atoms with Crippen molar-refractivity contribution in [2.75, 3.05) is 19.6 Å². The molecule has 1 aromatic rings. The van der Waals surface area contributed by atoms with Crippen molar-refractivity contribution in [1.82, 2.24) is 9.21 Å². The summed E-state index contributed by atoms with van der Waals surface area (Å²) in [6.45, 7) is 7.37. The molecule has 144 valence electrons. The molecule has 1 amide bonds. The average molecular weight is 381 g/mol. The lowest BCUT2D eigenvalue weighted by Gasteiger charge is -2.32. The minimum Gasteiger partial charge on any atom is -0.487 e. The molecule has 2 aliphatic heterocycles. The summed E-state index contributed by atoms with van der Waals surface area (Å²) >= 11 is 0. The Labute approximate surface area is 156 Å². The summed E-state index contributed by atoms with van der Waals surface area (Å²) in [4.78, 5) is 13.8. The number of amides is 1. The van der Waals surface area contributed by atoms with Gasteiger partial charge in [-0.3, -0.25) is 4.79 Å². The molecule has 0 spiro atoms. The first-order valence-corrected chi connectivity index (χ1v) is 10.8. The zero-order valence-electron chi connectivity index (χ0n) is 15.7. The first-order valence-electron chi connectivity index (χ1n) is 9.33. The topological polar surface area (TPSA) is 66.9 Å². The van der Waals surface area contributed by atoms with E-state index in [9.17, 15) is 13.2 Å². The molecule has 0 aromatic heterocycles. The third-order valence-electron chi connectivity index (χ3n) is 5.26. The van der Waals surface area contributed by atoms with Crippen molar-refractivity contribution in [3.63, 3.8) is 0 Å². The van der Waals surface area contributed by atoms with Crippen molar-refractivity contribution in [3.05, 3.63) is 24.3 Å². The van der Waals surface area contributed by atoms with Crippen LogP contribution in [0.2, 0.25) is 0 Å². The Bertz CT molecular complexity index is 763. The second-order valence-electron chi connectivity index (χ2n) is 7.55. The van der Waals surface area contributed by atoms with Crippen molar-refractivity contribution in [1.29, 1.82) is 0 Å². The fourth-order valence-electron chi connectivity index (χ4n) is 3.74. The van der Waals surface area contributed by atoms with Gasteiger partial charge in [0.15, 0.2) is 0 Å². The molecule has 0 saturated carbocycles. The number of nitrogens with zero attached hydrogens (tertiary/aromatic N) is 2. The van der Waals surface area contributed by atoms with Crippen LogP contribution < -0.4 is 4.74 Å². The predicted molar refractivity (Wildman–Crippen MR) is 99.5 cm³/mol.